The third-order valence-electron chi connectivity index (χ3n) is 3.27. The van der Waals surface area contributed by atoms with E-state index in [1.54, 1.807) is 0 Å². The van der Waals surface area contributed by atoms with Crippen LogP contribution >= 0.6 is 35.0 Å². The molecule has 1 aliphatic heterocycles. The van der Waals surface area contributed by atoms with Crippen LogP contribution in [0.5, 0.6) is 0 Å². The number of thioether (sulfide) groups is 1. The van der Waals surface area contributed by atoms with Crippen molar-refractivity contribution in [2.45, 2.75) is 38.6 Å². The Morgan fingerprint density at radius 3 is 2.71 bits per heavy atom. The van der Waals surface area contributed by atoms with Gasteiger partial charge in [-0.1, -0.05) is 18.5 Å². The summed E-state index contributed by atoms with van der Waals surface area (Å²) in [6.07, 6.45) is 1.85. The van der Waals surface area contributed by atoms with Gasteiger partial charge in [0.15, 0.2) is 0 Å². The first kappa shape index (κ1) is 13.6. The zero-order valence-corrected chi connectivity index (χ0v) is 12.6. The van der Waals surface area contributed by atoms with Crippen LogP contribution in [0, 0.1) is 5.92 Å². The van der Waals surface area contributed by atoms with Gasteiger partial charge in [-0.2, -0.15) is 16.9 Å². The van der Waals surface area contributed by atoms with E-state index >= 15 is 0 Å². The quantitative estimate of drug-likeness (QED) is 0.789. The van der Waals surface area contributed by atoms with Crippen molar-refractivity contribution in [1.29, 1.82) is 0 Å². The van der Waals surface area contributed by atoms with E-state index in [1.807, 2.05) is 16.4 Å². The van der Waals surface area contributed by atoms with Crippen molar-refractivity contribution in [2.75, 3.05) is 11.5 Å². The molecule has 2 rings (SSSR count). The largest absolute Gasteiger partial charge is 0.268 e. The molecule has 2 atom stereocenters. The lowest BCUT2D eigenvalue weighted by Crippen LogP contribution is -2.17. The highest BCUT2D eigenvalue weighted by Crippen LogP contribution is 2.33. The Balaban J connectivity index is 2.21. The molecule has 1 fully saturated rings. The Morgan fingerprint density at radius 1 is 1.41 bits per heavy atom. The maximum Gasteiger partial charge on any atom is 0.0849 e. The van der Waals surface area contributed by atoms with E-state index in [9.17, 15) is 0 Å². The van der Waals surface area contributed by atoms with E-state index < -0.39 is 0 Å². The van der Waals surface area contributed by atoms with Gasteiger partial charge in [-0.05, 0) is 31.4 Å². The molecule has 0 radical (unpaired) electrons. The summed E-state index contributed by atoms with van der Waals surface area (Å²) < 4.78 is 2.04. The lowest BCUT2D eigenvalue weighted by atomic mass is 10.0. The minimum Gasteiger partial charge on any atom is -0.268 e. The number of nitrogens with zero attached hydrogens (tertiary/aromatic N) is 2. The Labute approximate surface area is 117 Å². The number of hydrogen-bond acceptors (Lipinski definition) is 2. The monoisotopic (exact) mass is 292 g/mol. The molecule has 0 N–H and O–H groups in total. The number of rotatable bonds is 4. The second kappa shape index (κ2) is 5.85. The van der Waals surface area contributed by atoms with Crippen LogP contribution in [0.1, 0.15) is 25.2 Å². The van der Waals surface area contributed by atoms with E-state index in [0.717, 1.165) is 41.6 Å². The van der Waals surface area contributed by atoms with Crippen molar-refractivity contribution in [3.8, 4) is 0 Å². The molecule has 1 saturated heterocycles. The zero-order chi connectivity index (χ0) is 12.4. The van der Waals surface area contributed by atoms with Gasteiger partial charge < -0.3 is 0 Å². The average molecular weight is 293 g/mol. The van der Waals surface area contributed by atoms with Crippen molar-refractivity contribution in [2.24, 2.45) is 5.92 Å². The molecule has 0 spiro atoms. The molecule has 0 amide bonds. The lowest BCUT2D eigenvalue weighted by Gasteiger charge is -2.13. The van der Waals surface area contributed by atoms with Crippen molar-refractivity contribution < 1.29 is 0 Å². The molecule has 1 aromatic rings. The molecular weight excluding hydrogens is 275 g/mol. The summed E-state index contributed by atoms with van der Waals surface area (Å²) >= 11 is 14.7. The maximum absolute atomic E-state index is 6.40. The highest BCUT2D eigenvalue weighted by Gasteiger charge is 2.28. The van der Waals surface area contributed by atoms with Crippen molar-refractivity contribution in [3.63, 3.8) is 0 Å². The molecule has 2 heterocycles. The standard InChI is InChI=1S/C12H18Cl2N2S/c1-3-10-12(14)11(16(4-2)15-10)5-8-6-17-7-9(8)13/h8-9H,3-7H2,1-2H3. The van der Waals surface area contributed by atoms with E-state index in [1.165, 1.54) is 5.69 Å². The summed E-state index contributed by atoms with van der Waals surface area (Å²) in [7, 11) is 0. The Morgan fingerprint density at radius 2 is 2.18 bits per heavy atom. The molecule has 17 heavy (non-hydrogen) atoms. The van der Waals surface area contributed by atoms with E-state index in [4.69, 9.17) is 23.2 Å². The molecule has 0 bridgehead atoms. The van der Waals surface area contributed by atoms with Crippen LogP contribution in [0.25, 0.3) is 0 Å². The summed E-state index contributed by atoms with van der Waals surface area (Å²) in [5, 5.41) is 5.68. The van der Waals surface area contributed by atoms with Gasteiger partial charge in [-0.25, -0.2) is 0 Å². The molecule has 0 aliphatic carbocycles. The number of hydrogen-bond donors (Lipinski definition) is 0. The second-order valence-electron chi connectivity index (χ2n) is 4.39. The average Bonchev–Trinajstić information content (AvgIpc) is 2.86. The minimum absolute atomic E-state index is 0.279. The molecule has 1 aromatic heterocycles. The van der Waals surface area contributed by atoms with Crippen LogP contribution in [-0.4, -0.2) is 26.7 Å². The smallest absolute Gasteiger partial charge is 0.0849 e. The fourth-order valence-corrected chi connectivity index (χ4v) is 4.40. The Kier molecular flexibility index (Phi) is 4.67. The molecule has 0 saturated carbocycles. The molecule has 2 nitrogen and oxygen atoms in total. The van der Waals surface area contributed by atoms with Gasteiger partial charge in [0.05, 0.1) is 16.4 Å². The summed E-state index contributed by atoms with van der Waals surface area (Å²) in [6.45, 7) is 5.07. The number of alkyl halides is 1. The predicted molar refractivity (Wildman–Crippen MR) is 76.4 cm³/mol. The van der Waals surface area contributed by atoms with Crippen LogP contribution in [-0.2, 0) is 19.4 Å². The van der Waals surface area contributed by atoms with Crippen LogP contribution < -0.4 is 0 Å². The molecular formula is C12H18Cl2N2S. The van der Waals surface area contributed by atoms with Crippen LogP contribution in [0.4, 0.5) is 0 Å². The van der Waals surface area contributed by atoms with Crippen LogP contribution in [0.2, 0.25) is 5.02 Å². The first-order valence-electron chi connectivity index (χ1n) is 6.13. The summed E-state index contributed by atoms with van der Waals surface area (Å²) in [5.41, 5.74) is 2.18. The SMILES string of the molecule is CCc1nn(CC)c(CC2CSCC2Cl)c1Cl. The van der Waals surface area contributed by atoms with Gasteiger partial charge in [-0.15, -0.1) is 11.6 Å². The van der Waals surface area contributed by atoms with Gasteiger partial charge in [0.2, 0.25) is 0 Å². The fourth-order valence-electron chi connectivity index (χ4n) is 2.22. The number of aromatic nitrogens is 2. The highest BCUT2D eigenvalue weighted by molar-refractivity contribution is 7.99. The van der Waals surface area contributed by atoms with Crippen molar-refractivity contribution in [1.82, 2.24) is 9.78 Å². The normalized spacial score (nSPS) is 24.5. The molecule has 2 unspecified atom stereocenters. The molecule has 1 aliphatic rings. The first-order chi connectivity index (χ1) is 8.17. The van der Waals surface area contributed by atoms with Gasteiger partial charge in [-0.3, -0.25) is 4.68 Å². The third-order valence-corrected chi connectivity index (χ3v) is 5.66. The van der Waals surface area contributed by atoms with E-state index in [-0.39, 0.29) is 5.38 Å². The van der Waals surface area contributed by atoms with Gasteiger partial charge in [0, 0.05) is 17.7 Å². The summed E-state index contributed by atoms with van der Waals surface area (Å²) in [6, 6.07) is 0. The second-order valence-corrected chi connectivity index (χ2v) is 6.41. The Hall–Kier alpha value is 0.140. The molecule has 5 heteroatoms. The number of aryl methyl sites for hydroxylation is 2. The minimum atomic E-state index is 0.279. The van der Waals surface area contributed by atoms with Gasteiger partial charge in [0.25, 0.3) is 0 Å². The Bertz CT molecular complexity index is 392. The van der Waals surface area contributed by atoms with Crippen LogP contribution in [0.3, 0.4) is 0 Å². The number of halogens is 2. The van der Waals surface area contributed by atoms with Gasteiger partial charge >= 0.3 is 0 Å². The van der Waals surface area contributed by atoms with Crippen molar-refractivity contribution in [3.05, 3.63) is 16.4 Å². The predicted octanol–water partition coefficient (Wildman–Crippen LogP) is 3.63. The van der Waals surface area contributed by atoms with Crippen LogP contribution in [0.15, 0.2) is 0 Å². The van der Waals surface area contributed by atoms with Crippen molar-refractivity contribution >= 4 is 35.0 Å². The first-order valence-corrected chi connectivity index (χ1v) is 8.10. The highest BCUT2D eigenvalue weighted by atomic mass is 35.5. The van der Waals surface area contributed by atoms with Gasteiger partial charge in [0.1, 0.15) is 0 Å². The topological polar surface area (TPSA) is 17.8 Å². The molecule has 0 aromatic carbocycles. The summed E-state index contributed by atoms with van der Waals surface area (Å²) in [4.78, 5) is 0. The lowest BCUT2D eigenvalue weighted by molar-refractivity contribution is 0.542. The summed E-state index contributed by atoms with van der Waals surface area (Å²) in [5.74, 6) is 2.73. The zero-order valence-electron chi connectivity index (χ0n) is 10.2. The third kappa shape index (κ3) is 2.77. The molecule has 96 valence electrons. The maximum atomic E-state index is 6.40. The fraction of sp³-hybridized carbons (Fsp3) is 0.750. The van der Waals surface area contributed by atoms with E-state index in [2.05, 4.69) is 18.9 Å². The van der Waals surface area contributed by atoms with E-state index in [0.29, 0.717) is 5.92 Å².